The van der Waals surface area contributed by atoms with Crippen molar-refractivity contribution in [3.63, 3.8) is 0 Å². The Hall–Kier alpha value is -2.30. The minimum Gasteiger partial charge on any atom is -0.287 e. The molecule has 0 aliphatic heterocycles. The highest BCUT2D eigenvalue weighted by Gasteiger charge is 2.12. The van der Waals surface area contributed by atoms with Gasteiger partial charge in [-0.1, -0.05) is 12.2 Å². The van der Waals surface area contributed by atoms with E-state index in [-0.39, 0.29) is 5.78 Å². The maximum atomic E-state index is 12.0. The normalized spacial score (nSPS) is 10.9. The van der Waals surface area contributed by atoms with Crippen molar-refractivity contribution in [3.8, 4) is 0 Å². The number of allylic oxidation sites excluding steroid dienone is 2. The highest BCUT2D eigenvalue weighted by atomic mass is 16.1. The van der Waals surface area contributed by atoms with E-state index < -0.39 is 0 Å². The van der Waals surface area contributed by atoms with Gasteiger partial charge in [-0.3, -0.25) is 9.48 Å². The molecule has 0 radical (unpaired) electrons. The lowest BCUT2D eigenvalue weighted by atomic mass is 10.2. The highest BCUT2D eigenvalue weighted by Crippen LogP contribution is 2.05. The fraction of sp³-hybridized carbons (Fsp3) is 0.167. The summed E-state index contributed by atoms with van der Waals surface area (Å²) >= 11 is 0. The van der Waals surface area contributed by atoms with Crippen molar-refractivity contribution in [2.24, 2.45) is 0 Å². The molecule has 0 saturated heterocycles. The Morgan fingerprint density at radius 1 is 1.41 bits per heavy atom. The lowest BCUT2D eigenvalue weighted by Crippen LogP contribution is -2.05. The first-order valence-corrected chi connectivity index (χ1v) is 5.25. The van der Waals surface area contributed by atoms with Gasteiger partial charge in [0.25, 0.3) is 0 Å². The van der Waals surface area contributed by atoms with Crippen LogP contribution in [0.4, 0.5) is 0 Å². The monoisotopic (exact) mass is 228 g/mol. The van der Waals surface area contributed by atoms with E-state index in [1.165, 1.54) is 18.7 Å². The third kappa shape index (κ3) is 2.63. The van der Waals surface area contributed by atoms with Crippen molar-refractivity contribution in [2.75, 3.05) is 0 Å². The number of rotatable bonds is 4. The summed E-state index contributed by atoms with van der Waals surface area (Å²) in [6, 6.07) is 1.69. The Kier molecular flexibility index (Phi) is 3.40. The van der Waals surface area contributed by atoms with Crippen LogP contribution in [0.25, 0.3) is 0 Å². The molecule has 0 amide bonds. The molecule has 2 aromatic rings. The van der Waals surface area contributed by atoms with Crippen molar-refractivity contribution >= 4 is 5.78 Å². The zero-order valence-electron chi connectivity index (χ0n) is 9.45. The van der Waals surface area contributed by atoms with Gasteiger partial charge >= 0.3 is 0 Å². The first-order chi connectivity index (χ1) is 8.31. The summed E-state index contributed by atoms with van der Waals surface area (Å²) < 4.78 is 1.71. The molecule has 0 saturated carbocycles. The summed E-state index contributed by atoms with van der Waals surface area (Å²) in [6.45, 7) is 2.60. The number of hydrogen-bond acceptors (Lipinski definition) is 4. The van der Waals surface area contributed by atoms with Crippen LogP contribution in [0.15, 0.2) is 43.1 Å². The van der Waals surface area contributed by atoms with E-state index in [9.17, 15) is 4.79 Å². The van der Waals surface area contributed by atoms with E-state index in [4.69, 9.17) is 0 Å². The van der Waals surface area contributed by atoms with Gasteiger partial charge in [0.05, 0.1) is 12.1 Å². The Morgan fingerprint density at radius 3 is 2.88 bits per heavy atom. The van der Waals surface area contributed by atoms with E-state index in [1.54, 1.807) is 16.9 Å². The molecule has 0 unspecified atom stereocenters. The molecule has 0 aliphatic rings. The van der Waals surface area contributed by atoms with Crippen molar-refractivity contribution < 1.29 is 4.79 Å². The van der Waals surface area contributed by atoms with Crippen LogP contribution < -0.4 is 0 Å². The summed E-state index contributed by atoms with van der Waals surface area (Å²) in [6.07, 6.45) is 10.0. The SMILES string of the molecule is C/C=C/Cn1ccc(C(=O)c2cncnc2)n1. The van der Waals surface area contributed by atoms with Crippen LogP contribution in [-0.4, -0.2) is 25.5 Å². The van der Waals surface area contributed by atoms with Crippen LogP contribution in [-0.2, 0) is 6.54 Å². The molecule has 0 aliphatic carbocycles. The van der Waals surface area contributed by atoms with Gasteiger partial charge in [0.15, 0.2) is 0 Å². The third-order valence-corrected chi connectivity index (χ3v) is 2.22. The van der Waals surface area contributed by atoms with E-state index in [0.717, 1.165) is 0 Å². The number of nitrogens with zero attached hydrogens (tertiary/aromatic N) is 4. The Balaban J connectivity index is 2.18. The van der Waals surface area contributed by atoms with Crippen molar-refractivity contribution in [3.05, 3.63) is 54.4 Å². The molecule has 2 aromatic heterocycles. The second kappa shape index (κ2) is 5.16. The Bertz CT molecular complexity index is 530. The largest absolute Gasteiger partial charge is 0.287 e. The van der Waals surface area contributed by atoms with Gasteiger partial charge in [-0.05, 0) is 13.0 Å². The number of carbonyl (C=O) groups excluding carboxylic acids is 1. The lowest BCUT2D eigenvalue weighted by molar-refractivity contribution is 0.103. The van der Waals surface area contributed by atoms with Gasteiger partial charge in [-0.15, -0.1) is 0 Å². The first-order valence-electron chi connectivity index (χ1n) is 5.25. The molecule has 5 heteroatoms. The number of ketones is 1. The van der Waals surface area contributed by atoms with Gasteiger partial charge in [0, 0.05) is 18.6 Å². The fourth-order valence-electron chi connectivity index (χ4n) is 1.36. The Labute approximate surface area is 98.8 Å². The molecule has 0 spiro atoms. The van der Waals surface area contributed by atoms with Gasteiger partial charge < -0.3 is 0 Å². The zero-order chi connectivity index (χ0) is 12.1. The van der Waals surface area contributed by atoms with Crippen LogP contribution in [0, 0.1) is 0 Å². The van der Waals surface area contributed by atoms with Gasteiger partial charge in [0.1, 0.15) is 12.0 Å². The molecule has 0 bridgehead atoms. The van der Waals surface area contributed by atoms with Crippen LogP contribution in [0.1, 0.15) is 23.0 Å². The predicted octanol–water partition coefficient (Wildman–Crippen LogP) is 1.48. The molecule has 2 heterocycles. The Morgan fingerprint density at radius 2 is 2.18 bits per heavy atom. The summed E-state index contributed by atoms with van der Waals surface area (Å²) in [4.78, 5) is 19.6. The molecule has 0 N–H and O–H groups in total. The molecule has 0 aromatic carbocycles. The van der Waals surface area contributed by atoms with Gasteiger partial charge in [-0.2, -0.15) is 5.10 Å². The van der Waals surface area contributed by atoms with E-state index in [1.807, 2.05) is 19.1 Å². The smallest absolute Gasteiger partial charge is 0.216 e. The van der Waals surface area contributed by atoms with Crippen LogP contribution in [0.5, 0.6) is 0 Å². The molecular formula is C12H12N4O. The second-order valence-electron chi connectivity index (χ2n) is 3.45. The molecular weight excluding hydrogens is 216 g/mol. The third-order valence-electron chi connectivity index (χ3n) is 2.22. The summed E-state index contributed by atoms with van der Waals surface area (Å²) in [5.41, 5.74) is 0.855. The molecule has 0 atom stereocenters. The van der Waals surface area contributed by atoms with Crippen molar-refractivity contribution in [2.45, 2.75) is 13.5 Å². The fourth-order valence-corrected chi connectivity index (χ4v) is 1.36. The van der Waals surface area contributed by atoms with Gasteiger partial charge in [0.2, 0.25) is 5.78 Å². The summed E-state index contributed by atoms with van der Waals surface area (Å²) in [5, 5.41) is 4.18. The van der Waals surface area contributed by atoms with Crippen LogP contribution in [0.2, 0.25) is 0 Å². The number of hydrogen-bond donors (Lipinski definition) is 0. The van der Waals surface area contributed by atoms with Crippen LogP contribution in [0.3, 0.4) is 0 Å². The van der Waals surface area contributed by atoms with Gasteiger partial charge in [-0.25, -0.2) is 9.97 Å². The molecule has 2 rings (SSSR count). The van der Waals surface area contributed by atoms with Crippen molar-refractivity contribution in [1.29, 1.82) is 0 Å². The quantitative estimate of drug-likeness (QED) is 0.587. The lowest BCUT2D eigenvalue weighted by Gasteiger charge is -1.96. The first kappa shape index (κ1) is 11.2. The summed E-state index contributed by atoms with van der Waals surface area (Å²) in [5.74, 6) is -0.162. The minimum absolute atomic E-state index is 0.162. The maximum Gasteiger partial charge on any atom is 0.216 e. The van der Waals surface area contributed by atoms with Crippen molar-refractivity contribution in [1.82, 2.24) is 19.7 Å². The minimum atomic E-state index is -0.162. The second-order valence-corrected chi connectivity index (χ2v) is 3.45. The molecule has 17 heavy (non-hydrogen) atoms. The van der Waals surface area contributed by atoms with E-state index in [2.05, 4.69) is 15.1 Å². The molecule has 86 valence electrons. The van der Waals surface area contributed by atoms with E-state index in [0.29, 0.717) is 17.8 Å². The molecule has 0 fully saturated rings. The topological polar surface area (TPSA) is 60.7 Å². The van der Waals surface area contributed by atoms with Crippen LogP contribution >= 0.6 is 0 Å². The number of carbonyl (C=O) groups is 1. The average Bonchev–Trinajstić information content (AvgIpc) is 2.85. The maximum absolute atomic E-state index is 12.0. The highest BCUT2D eigenvalue weighted by molar-refractivity contribution is 6.07. The summed E-state index contributed by atoms with van der Waals surface area (Å²) in [7, 11) is 0. The number of aromatic nitrogens is 4. The predicted molar refractivity (Wildman–Crippen MR) is 62.5 cm³/mol. The average molecular weight is 228 g/mol. The standard InChI is InChI=1S/C12H12N4O/c1-2-3-5-16-6-4-11(15-16)12(17)10-7-13-9-14-8-10/h2-4,6-9H,5H2,1H3/b3-2+. The zero-order valence-corrected chi connectivity index (χ0v) is 9.45. The molecule has 5 nitrogen and oxygen atoms in total. The van der Waals surface area contributed by atoms with E-state index >= 15 is 0 Å².